The Balaban J connectivity index is 0.00000180. The second kappa shape index (κ2) is 7.06. The molecule has 104 valence electrons. The largest absolute Gasteiger partial charge is 1.00 e. The number of morpholine rings is 1. The summed E-state index contributed by atoms with van der Waals surface area (Å²) in [5.74, 6) is -0.420. The molecule has 6 nitrogen and oxygen atoms in total. The van der Waals surface area contributed by atoms with Gasteiger partial charge in [0, 0.05) is 25.2 Å². The number of rotatable bonds is 3. The summed E-state index contributed by atoms with van der Waals surface area (Å²) in [7, 11) is 0. The smallest absolute Gasteiger partial charge is 0.288 e. The predicted octanol–water partition coefficient (Wildman–Crippen LogP) is -4.06. The van der Waals surface area contributed by atoms with Crippen LogP contribution >= 0.6 is 0 Å². The monoisotopic (exact) mass is 285 g/mol. The highest BCUT2D eigenvalue weighted by molar-refractivity contribution is 5.92. The molecule has 0 unspecified atom stereocenters. The number of halogens is 1. The molecular formula is C12H16ClN3O3. The molecule has 2 N–H and O–H groups in total. The Kier molecular flexibility index (Phi) is 5.72. The van der Waals surface area contributed by atoms with E-state index in [4.69, 9.17) is 10.5 Å². The van der Waals surface area contributed by atoms with Gasteiger partial charge >= 0.3 is 0 Å². The van der Waals surface area contributed by atoms with Gasteiger partial charge in [0.1, 0.15) is 0 Å². The number of aromatic nitrogens is 1. The summed E-state index contributed by atoms with van der Waals surface area (Å²) in [6.45, 7) is 2.73. The normalized spacial score (nSPS) is 14.6. The third-order valence-corrected chi connectivity index (χ3v) is 2.86. The molecule has 2 amide bonds. The standard InChI is InChI=1S/C12H15N3O3.ClH/c13-12(17)10-1-3-14(4-2-10)9-11(16)15-5-7-18-8-6-15;/h1-4H,5-9H2,(H-,13,17);1H. The summed E-state index contributed by atoms with van der Waals surface area (Å²) in [5, 5.41) is 0. The lowest BCUT2D eigenvalue weighted by Gasteiger charge is -2.25. The maximum absolute atomic E-state index is 11.9. The zero-order valence-corrected chi connectivity index (χ0v) is 11.2. The predicted molar refractivity (Wildman–Crippen MR) is 62.6 cm³/mol. The minimum absolute atomic E-state index is 0. The molecule has 0 spiro atoms. The van der Waals surface area contributed by atoms with E-state index in [1.165, 1.54) is 0 Å². The van der Waals surface area contributed by atoms with E-state index >= 15 is 0 Å². The van der Waals surface area contributed by atoms with E-state index < -0.39 is 5.91 Å². The second-order valence-electron chi connectivity index (χ2n) is 4.12. The molecule has 1 aromatic heterocycles. The Morgan fingerprint density at radius 2 is 1.84 bits per heavy atom. The molecule has 0 radical (unpaired) electrons. The number of hydrogen-bond acceptors (Lipinski definition) is 3. The van der Waals surface area contributed by atoms with Crippen molar-refractivity contribution in [2.45, 2.75) is 6.54 Å². The first kappa shape index (κ1) is 15.4. The van der Waals surface area contributed by atoms with Crippen LogP contribution in [0.1, 0.15) is 10.4 Å². The third kappa shape index (κ3) is 4.18. The Morgan fingerprint density at radius 3 is 2.37 bits per heavy atom. The number of pyridine rings is 1. The van der Waals surface area contributed by atoms with Gasteiger partial charge in [-0.25, -0.2) is 0 Å². The van der Waals surface area contributed by atoms with E-state index in [2.05, 4.69) is 0 Å². The first-order valence-corrected chi connectivity index (χ1v) is 5.81. The van der Waals surface area contributed by atoms with Crippen LogP contribution in [0.5, 0.6) is 0 Å². The average Bonchev–Trinajstić information content (AvgIpc) is 2.40. The van der Waals surface area contributed by atoms with Gasteiger partial charge in [-0.15, -0.1) is 0 Å². The van der Waals surface area contributed by atoms with Gasteiger partial charge in [-0.05, 0) is 0 Å². The summed E-state index contributed by atoms with van der Waals surface area (Å²) >= 11 is 0. The zero-order valence-electron chi connectivity index (χ0n) is 10.4. The maximum Gasteiger partial charge on any atom is 0.288 e. The van der Waals surface area contributed by atoms with Crippen LogP contribution in [0.3, 0.4) is 0 Å². The van der Waals surface area contributed by atoms with Gasteiger partial charge in [0.2, 0.25) is 12.5 Å². The molecule has 0 atom stereocenters. The van der Waals surface area contributed by atoms with Crippen LogP contribution in [0.2, 0.25) is 0 Å². The molecular weight excluding hydrogens is 270 g/mol. The van der Waals surface area contributed by atoms with E-state index in [1.807, 2.05) is 0 Å². The van der Waals surface area contributed by atoms with Crippen molar-refractivity contribution in [2.75, 3.05) is 26.3 Å². The topological polar surface area (TPSA) is 76.5 Å². The Morgan fingerprint density at radius 1 is 1.26 bits per heavy atom. The lowest BCUT2D eigenvalue weighted by molar-refractivity contribution is -0.685. The zero-order chi connectivity index (χ0) is 13.0. The van der Waals surface area contributed by atoms with Crippen molar-refractivity contribution in [3.05, 3.63) is 30.1 Å². The lowest BCUT2D eigenvalue weighted by atomic mass is 10.2. The van der Waals surface area contributed by atoms with E-state index in [-0.39, 0.29) is 24.9 Å². The first-order valence-electron chi connectivity index (χ1n) is 5.81. The second-order valence-corrected chi connectivity index (χ2v) is 4.12. The molecule has 7 heteroatoms. The molecule has 0 aromatic carbocycles. The van der Waals surface area contributed by atoms with Gasteiger partial charge in [-0.3, -0.25) is 9.59 Å². The van der Waals surface area contributed by atoms with Gasteiger partial charge in [0.05, 0.1) is 18.8 Å². The molecule has 1 fully saturated rings. The number of hydrogen-bond donors (Lipinski definition) is 1. The summed E-state index contributed by atoms with van der Waals surface area (Å²) in [6.07, 6.45) is 3.36. The van der Waals surface area contributed by atoms with Crippen LogP contribution in [0, 0.1) is 0 Å². The molecule has 1 aliphatic rings. The van der Waals surface area contributed by atoms with Crippen molar-refractivity contribution in [3.63, 3.8) is 0 Å². The van der Waals surface area contributed by atoms with E-state index in [0.29, 0.717) is 31.9 Å². The number of nitrogens with two attached hydrogens (primary N) is 1. The third-order valence-electron chi connectivity index (χ3n) is 2.86. The quantitative estimate of drug-likeness (QED) is 0.574. The summed E-state index contributed by atoms with van der Waals surface area (Å²) in [6, 6.07) is 3.21. The highest BCUT2D eigenvalue weighted by Gasteiger charge is 2.20. The van der Waals surface area contributed by atoms with Crippen molar-refractivity contribution in [1.82, 2.24) is 4.90 Å². The van der Waals surface area contributed by atoms with Gasteiger partial charge in [-0.2, -0.15) is 4.57 Å². The Bertz CT molecular complexity index is 444. The molecule has 2 rings (SSSR count). The average molecular weight is 286 g/mol. The molecule has 0 saturated carbocycles. The van der Waals surface area contributed by atoms with Crippen LogP contribution < -0.4 is 22.7 Å². The first-order chi connectivity index (χ1) is 8.66. The van der Waals surface area contributed by atoms with Crippen LogP contribution in [-0.4, -0.2) is 43.0 Å². The van der Waals surface area contributed by atoms with Crippen LogP contribution in [0.15, 0.2) is 24.5 Å². The van der Waals surface area contributed by atoms with Crippen LogP contribution in [0.25, 0.3) is 0 Å². The SMILES string of the molecule is NC(=O)c1cc[n+](CC(=O)N2CCOCC2)cc1.[Cl-]. The summed E-state index contributed by atoms with van der Waals surface area (Å²) in [5.41, 5.74) is 5.58. The molecule has 1 saturated heterocycles. The Hall–Kier alpha value is -1.66. The van der Waals surface area contributed by atoms with Crippen molar-refractivity contribution in [3.8, 4) is 0 Å². The number of carbonyl (C=O) groups excluding carboxylic acids is 2. The Labute approximate surface area is 117 Å². The molecule has 1 aliphatic heterocycles. The van der Waals surface area contributed by atoms with Gasteiger partial charge in [0.25, 0.3) is 5.91 Å². The van der Waals surface area contributed by atoms with Crippen molar-refractivity contribution in [2.24, 2.45) is 5.73 Å². The number of amides is 2. The van der Waals surface area contributed by atoms with Crippen LogP contribution in [0.4, 0.5) is 0 Å². The minimum atomic E-state index is -0.471. The van der Waals surface area contributed by atoms with Crippen molar-refractivity contribution < 1.29 is 31.3 Å². The summed E-state index contributed by atoms with van der Waals surface area (Å²) < 4.78 is 6.92. The number of nitrogens with zero attached hydrogens (tertiary/aromatic N) is 2. The van der Waals surface area contributed by atoms with E-state index in [0.717, 1.165) is 0 Å². The molecule has 1 aromatic rings. The molecule has 19 heavy (non-hydrogen) atoms. The maximum atomic E-state index is 11.9. The van der Waals surface area contributed by atoms with E-state index in [1.54, 1.807) is 34.0 Å². The van der Waals surface area contributed by atoms with Gasteiger partial charge in [0.15, 0.2) is 12.4 Å². The lowest BCUT2D eigenvalue weighted by Crippen LogP contribution is -3.00. The van der Waals surface area contributed by atoms with Gasteiger partial charge < -0.3 is 27.8 Å². The fourth-order valence-corrected chi connectivity index (χ4v) is 1.80. The summed E-state index contributed by atoms with van der Waals surface area (Å²) in [4.78, 5) is 24.6. The highest BCUT2D eigenvalue weighted by Crippen LogP contribution is 1.98. The minimum Gasteiger partial charge on any atom is -1.00 e. The van der Waals surface area contributed by atoms with Crippen molar-refractivity contribution >= 4 is 11.8 Å². The molecule has 0 aliphatic carbocycles. The highest BCUT2D eigenvalue weighted by atomic mass is 35.5. The number of ether oxygens (including phenoxy) is 1. The molecule has 2 heterocycles. The van der Waals surface area contributed by atoms with Crippen LogP contribution in [-0.2, 0) is 16.1 Å². The number of carbonyl (C=O) groups is 2. The van der Waals surface area contributed by atoms with Gasteiger partial charge in [-0.1, -0.05) is 0 Å². The fourth-order valence-electron chi connectivity index (χ4n) is 1.80. The molecule has 0 bridgehead atoms. The fraction of sp³-hybridized carbons (Fsp3) is 0.417. The number of primary amides is 1. The van der Waals surface area contributed by atoms with Crippen molar-refractivity contribution in [1.29, 1.82) is 0 Å². The van der Waals surface area contributed by atoms with E-state index in [9.17, 15) is 9.59 Å².